The molecule has 0 spiro atoms. The molecular formula is C21H29N5O2. The second-order valence-corrected chi connectivity index (χ2v) is 7.33. The van der Waals surface area contributed by atoms with Gasteiger partial charge in [-0.15, -0.1) is 10.2 Å². The van der Waals surface area contributed by atoms with Gasteiger partial charge in [-0.3, -0.25) is 9.69 Å². The Morgan fingerprint density at radius 3 is 2.64 bits per heavy atom. The van der Waals surface area contributed by atoms with Crippen LogP contribution in [0.5, 0.6) is 0 Å². The molecule has 7 nitrogen and oxygen atoms in total. The summed E-state index contributed by atoms with van der Waals surface area (Å²) in [5, 5.41) is 14.5. The van der Waals surface area contributed by atoms with Gasteiger partial charge in [0.05, 0.1) is 13.2 Å². The van der Waals surface area contributed by atoms with E-state index in [1.165, 1.54) is 0 Å². The fourth-order valence-corrected chi connectivity index (χ4v) is 3.23. The molecular weight excluding hydrogens is 354 g/mol. The van der Waals surface area contributed by atoms with Gasteiger partial charge in [0.15, 0.2) is 5.69 Å². The van der Waals surface area contributed by atoms with Gasteiger partial charge < -0.3 is 15.4 Å². The van der Waals surface area contributed by atoms with Crippen LogP contribution in [-0.4, -0.2) is 60.4 Å². The minimum atomic E-state index is -0.247. The summed E-state index contributed by atoms with van der Waals surface area (Å²) in [4.78, 5) is 15.0. The van der Waals surface area contributed by atoms with Crippen molar-refractivity contribution in [1.82, 2.24) is 15.1 Å². The molecule has 1 saturated heterocycles. The number of benzene rings is 1. The molecule has 2 N–H and O–H groups in total. The van der Waals surface area contributed by atoms with Crippen LogP contribution in [-0.2, 0) is 4.74 Å². The van der Waals surface area contributed by atoms with E-state index in [4.69, 9.17) is 4.74 Å². The summed E-state index contributed by atoms with van der Waals surface area (Å²) in [6.45, 7) is 11.4. The van der Waals surface area contributed by atoms with Crippen molar-refractivity contribution in [2.24, 2.45) is 0 Å². The highest BCUT2D eigenvalue weighted by Crippen LogP contribution is 2.27. The summed E-state index contributed by atoms with van der Waals surface area (Å²) in [6.07, 6.45) is 0. The smallest absolute Gasteiger partial charge is 0.276 e. The predicted octanol–water partition coefficient (Wildman–Crippen LogP) is 2.90. The Hall–Kier alpha value is -2.51. The number of para-hydroxylation sites is 1. The van der Waals surface area contributed by atoms with Crippen molar-refractivity contribution in [1.29, 1.82) is 0 Å². The number of hydrogen-bond acceptors (Lipinski definition) is 6. The van der Waals surface area contributed by atoms with Crippen molar-refractivity contribution < 1.29 is 9.53 Å². The lowest BCUT2D eigenvalue weighted by molar-refractivity contribution is 0.0398. The molecule has 1 amide bonds. The second-order valence-electron chi connectivity index (χ2n) is 7.33. The third-order valence-corrected chi connectivity index (χ3v) is 4.90. The van der Waals surface area contributed by atoms with E-state index < -0.39 is 0 Å². The molecule has 0 aliphatic carbocycles. The lowest BCUT2D eigenvalue weighted by atomic mass is 9.98. The minimum absolute atomic E-state index is 0.247. The molecule has 0 bridgehead atoms. The Morgan fingerprint density at radius 1 is 1.18 bits per heavy atom. The molecule has 3 rings (SSSR count). The average molecular weight is 383 g/mol. The van der Waals surface area contributed by atoms with Crippen molar-refractivity contribution in [3.8, 4) is 0 Å². The van der Waals surface area contributed by atoms with Crippen LogP contribution >= 0.6 is 0 Å². The largest absolute Gasteiger partial charge is 0.379 e. The monoisotopic (exact) mass is 383 g/mol. The van der Waals surface area contributed by atoms with Crippen molar-refractivity contribution in [3.05, 3.63) is 47.2 Å². The third kappa shape index (κ3) is 5.27. The number of nitrogens with one attached hydrogen (secondary N) is 2. The molecule has 1 aliphatic heterocycles. The summed E-state index contributed by atoms with van der Waals surface area (Å²) < 4.78 is 5.35. The second kappa shape index (κ2) is 9.61. The number of amides is 1. The van der Waals surface area contributed by atoms with Gasteiger partial charge in [-0.2, -0.15) is 0 Å². The molecule has 0 atom stereocenters. The predicted molar refractivity (Wildman–Crippen MR) is 111 cm³/mol. The number of morpholine rings is 1. The SMILES string of the molecule is Cc1cccc(C(C)C)c1NC(=O)c1ccc(NCCN2CCOCC2)nn1. The fraction of sp³-hybridized carbons (Fsp3) is 0.476. The first-order chi connectivity index (χ1) is 13.5. The highest BCUT2D eigenvalue weighted by atomic mass is 16.5. The van der Waals surface area contributed by atoms with E-state index >= 15 is 0 Å². The first-order valence-electron chi connectivity index (χ1n) is 9.83. The van der Waals surface area contributed by atoms with Crippen molar-refractivity contribution >= 4 is 17.4 Å². The molecule has 28 heavy (non-hydrogen) atoms. The third-order valence-electron chi connectivity index (χ3n) is 4.90. The molecule has 0 saturated carbocycles. The number of nitrogens with zero attached hydrogens (tertiary/aromatic N) is 3. The molecule has 7 heteroatoms. The number of carbonyl (C=O) groups is 1. The lowest BCUT2D eigenvalue weighted by Gasteiger charge is -2.26. The van der Waals surface area contributed by atoms with E-state index in [1.54, 1.807) is 12.1 Å². The van der Waals surface area contributed by atoms with Gasteiger partial charge in [-0.1, -0.05) is 32.0 Å². The fourth-order valence-electron chi connectivity index (χ4n) is 3.23. The highest BCUT2D eigenvalue weighted by Gasteiger charge is 2.15. The standard InChI is InChI=1S/C21H29N5O2/c1-15(2)17-6-4-5-16(3)20(17)23-21(27)18-7-8-19(25-24-18)22-9-10-26-11-13-28-14-12-26/h4-8,15H,9-14H2,1-3H3,(H,22,25)(H,23,27). The summed E-state index contributed by atoms with van der Waals surface area (Å²) in [5.41, 5.74) is 3.31. The Bertz CT molecular complexity index is 786. The van der Waals surface area contributed by atoms with Gasteiger partial charge in [0, 0.05) is 31.9 Å². The number of aromatic nitrogens is 2. The lowest BCUT2D eigenvalue weighted by Crippen LogP contribution is -2.39. The van der Waals surface area contributed by atoms with Gasteiger partial charge in [-0.05, 0) is 36.1 Å². The summed E-state index contributed by atoms with van der Waals surface area (Å²) in [7, 11) is 0. The van der Waals surface area contributed by atoms with E-state index in [-0.39, 0.29) is 5.91 Å². The van der Waals surface area contributed by atoms with Crippen LogP contribution in [0.2, 0.25) is 0 Å². The van der Waals surface area contributed by atoms with Gasteiger partial charge in [0.25, 0.3) is 5.91 Å². The normalized spacial score (nSPS) is 14.9. The molecule has 1 aromatic carbocycles. The molecule has 0 unspecified atom stereocenters. The van der Waals surface area contributed by atoms with Crippen LogP contribution in [0.4, 0.5) is 11.5 Å². The molecule has 2 heterocycles. The highest BCUT2D eigenvalue weighted by molar-refractivity contribution is 6.03. The number of hydrogen-bond donors (Lipinski definition) is 2. The van der Waals surface area contributed by atoms with E-state index in [0.29, 0.717) is 17.4 Å². The number of ether oxygens (including phenoxy) is 1. The average Bonchev–Trinajstić information content (AvgIpc) is 2.70. The van der Waals surface area contributed by atoms with Crippen molar-refractivity contribution in [3.63, 3.8) is 0 Å². The van der Waals surface area contributed by atoms with Gasteiger partial charge in [0.2, 0.25) is 0 Å². The Balaban J connectivity index is 1.57. The van der Waals surface area contributed by atoms with Crippen LogP contribution in [0.3, 0.4) is 0 Å². The van der Waals surface area contributed by atoms with Gasteiger partial charge in [0.1, 0.15) is 5.82 Å². The van der Waals surface area contributed by atoms with E-state index in [9.17, 15) is 4.79 Å². The number of carbonyl (C=O) groups excluding carboxylic acids is 1. The Labute approximate surface area is 166 Å². The quantitative estimate of drug-likeness (QED) is 0.765. The zero-order valence-electron chi connectivity index (χ0n) is 16.9. The summed E-state index contributed by atoms with van der Waals surface area (Å²) in [6, 6.07) is 9.54. The summed E-state index contributed by atoms with van der Waals surface area (Å²) in [5.74, 6) is 0.742. The Morgan fingerprint density at radius 2 is 1.96 bits per heavy atom. The number of anilines is 2. The number of rotatable bonds is 7. The minimum Gasteiger partial charge on any atom is -0.379 e. The van der Waals surface area contributed by atoms with Crippen LogP contribution in [0.15, 0.2) is 30.3 Å². The van der Waals surface area contributed by atoms with Crippen LogP contribution in [0.1, 0.15) is 41.4 Å². The molecule has 150 valence electrons. The van der Waals surface area contributed by atoms with Gasteiger partial charge >= 0.3 is 0 Å². The van der Waals surface area contributed by atoms with Crippen LogP contribution < -0.4 is 10.6 Å². The van der Waals surface area contributed by atoms with Gasteiger partial charge in [-0.25, -0.2) is 0 Å². The van der Waals surface area contributed by atoms with Crippen LogP contribution in [0.25, 0.3) is 0 Å². The zero-order chi connectivity index (χ0) is 19.9. The zero-order valence-corrected chi connectivity index (χ0v) is 16.9. The topological polar surface area (TPSA) is 79.4 Å². The molecule has 1 fully saturated rings. The van der Waals surface area contributed by atoms with E-state index in [1.807, 2.05) is 25.1 Å². The molecule has 0 radical (unpaired) electrons. The van der Waals surface area contributed by atoms with Crippen molar-refractivity contribution in [2.75, 3.05) is 50.0 Å². The van der Waals surface area contributed by atoms with E-state index in [0.717, 1.165) is 56.2 Å². The maximum absolute atomic E-state index is 12.6. The Kier molecular flexibility index (Phi) is 6.95. The molecule has 1 aliphatic rings. The van der Waals surface area contributed by atoms with Crippen LogP contribution in [0, 0.1) is 6.92 Å². The van der Waals surface area contributed by atoms with Crippen molar-refractivity contribution in [2.45, 2.75) is 26.7 Å². The first kappa shape index (κ1) is 20.2. The summed E-state index contributed by atoms with van der Waals surface area (Å²) >= 11 is 0. The molecule has 2 aromatic rings. The molecule has 1 aromatic heterocycles. The maximum atomic E-state index is 12.6. The van der Waals surface area contributed by atoms with E-state index in [2.05, 4.69) is 39.6 Å². The first-order valence-corrected chi connectivity index (χ1v) is 9.83. The maximum Gasteiger partial charge on any atom is 0.276 e. The number of aryl methyl sites for hydroxylation is 1.